The zero-order valence-corrected chi connectivity index (χ0v) is 12.7. The predicted octanol–water partition coefficient (Wildman–Crippen LogP) is 2.59. The van der Waals surface area contributed by atoms with Crippen molar-refractivity contribution >= 4 is 34.8 Å². The van der Waals surface area contributed by atoms with Gasteiger partial charge in [-0.1, -0.05) is 11.6 Å². The molecule has 2 rings (SSSR count). The van der Waals surface area contributed by atoms with Gasteiger partial charge in [0.2, 0.25) is 5.91 Å². The number of carbonyl (C=O) groups excluding carboxylic acids is 2. The Hall–Kier alpha value is -2.34. The number of aryl methyl sites for hydroxylation is 2. The summed E-state index contributed by atoms with van der Waals surface area (Å²) in [5.74, 6) is -0.487. The molecule has 0 saturated carbocycles. The molecule has 0 aliphatic carbocycles. The van der Waals surface area contributed by atoms with E-state index in [0.717, 1.165) is 0 Å². The molecule has 1 aromatic carbocycles. The van der Waals surface area contributed by atoms with E-state index in [4.69, 9.17) is 11.6 Å². The average molecular weight is 307 g/mol. The first-order valence-electron chi connectivity index (χ1n) is 6.26. The van der Waals surface area contributed by atoms with E-state index in [9.17, 15) is 9.59 Å². The molecule has 0 aliphatic rings. The van der Waals surface area contributed by atoms with Gasteiger partial charge in [0.15, 0.2) is 0 Å². The van der Waals surface area contributed by atoms with Crippen LogP contribution in [-0.2, 0) is 11.8 Å². The second-order valence-corrected chi connectivity index (χ2v) is 4.96. The van der Waals surface area contributed by atoms with Gasteiger partial charge >= 0.3 is 0 Å². The van der Waals surface area contributed by atoms with E-state index in [1.54, 1.807) is 38.2 Å². The fraction of sp³-hybridized carbons (Fsp3) is 0.214. The molecule has 0 unspecified atom stereocenters. The maximum absolute atomic E-state index is 12.2. The van der Waals surface area contributed by atoms with Crippen LogP contribution >= 0.6 is 11.6 Å². The molecular formula is C14H15ClN4O2. The summed E-state index contributed by atoms with van der Waals surface area (Å²) in [6, 6.07) is 6.79. The third kappa shape index (κ3) is 3.41. The van der Waals surface area contributed by atoms with Gasteiger partial charge in [-0.15, -0.1) is 0 Å². The number of benzene rings is 1. The Balaban J connectivity index is 2.14. The number of nitrogens with one attached hydrogen (secondary N) is 2. The average Bonchev–Trinajstić information content (AvgIpc) is 2.65. The molecule has 0 fully saturated rings. The normalized spacial score (nSPS) is 10.3. The van der Waals surface area contributed by atoms with E-state index in [1.165, 1.54) is 11.6 Å². The molecule has 1 aromatic heterocycles. The predicted molar refractivity (Wildman–Crippen MR) is 81.7 cm³/mol. The third-order valence-electron chi connectivity index (χ3n) is 2.83. The van der Waals surface area contributed by atoms with E-state index in [2.05, 4.69) is 15.7 Å². The van der Waals surface area contributed by atoms with Crippen LogP contribution in [0, 0.1) is 6.92 Å². The highest BCUT2D eigenvalue weighted by Crippen LogP contribution is 2.21. The number of hydrogen-bond donors (Lipinski definition) is 2. The Morgan fingerprint density at radius 1 is 1.14 bits per heavy atom. The molecule has 21 heavy (non-hydrogen) atoms. The quantitative estimate of drug-likeness (QED) is 0.915. The molecule has 110 valence electrons. The summed E-state index contributed by atoms with van der Waals surface area (Å²) in [4.78, 5) is 23.1. The van der Waals surface area contributed by atoms with E-state index in [1.807, 2.05) is 0 Å². The number of nitrogens with zero attached hydrogens (tertiary/aromatic N) is 2. The number of halogens is 1. The lowest BCUT2D eigenvalue weighted by Gasteiger charge is -2.07. The molecule has 2 N–H and O–H groups in total. The summed E-state index contributed by atoms with van der Waals surface area (Å²) in [6.45, 7) is 3.17. The van der Waals surface area contributed by atoms with Crippen LogP contribution in [0.5, 0.6) is 0 Å². The van der Waals surface area contributed by atoms with Crippen LogP contribution in [0.25, 0.3) is 0 Å². The van der Waals surface area contributed by atoms with E-state index in [0.29, 0.717) is 27.8 Å². The van der Waals surface area contributed by atoms with Gasteiger partial charge in [0.25, 0.3) is 5.91 Å². The van der Waals surface area contributed by atoms with Crippen molar-refractivity contribution in [3.63, 3.8) is 0 Å². The molecule has 0 saturated heterocycles. The fourth-order valence-corrected chi connectivity index (χ4v) is 2.16. The molecule has 0 aliphatic heterocycles. The molecule has 2 amide bonds. The summed E-state index contributed by atoms with van der Waals surface area (Å²) in [7, 11) is 1.66. The van der Waals surface area contributed by atoms with E-state index in [-0.39, 0.29) is 11.8 Å². The van der Waals surface area contributed by atoms with Crippen LogP contribution in [0.15, 0.2) is 24.3 Å². The van der Waals surface area contributed by atoms with Crippen LogP contribution in [0.2, 0.25) is 5.02 Å². The van der Waals surface area contributed by atoms with Crippen LogP contribution < -0.4 is 10.6 Å². The van der Waals surface area contributed by atoms with Gasteiger partial charge < -0.3 is 10.6 Å². The SMILES string of the molecule is CC(=O)Nc1ccc(NC(=O)c2c(Cl)c(C)nn2C)cc1. The highest BCUT2D eigenvalue weighted by molar-refractivity contribution is 6.34. The van der Waals surface area contributed by atoms with Crippen molar-refractivity contribution in [2.45, 2.75) is 13.8 Å². The van der Waals surface area contributed by atoms with Crippen LogP contribution in [0.1, 0.15) is 23.1 Å². The van der Waals surface area contributed by atoms with Gasteiger partial charge in [0.05, 0.1) is 10.7 Å². The van der Waals surface area contributed by atoms with Crippen molar-refractivity contribution in [1.82, 2.24) is 9.78 Å². The second kappa shape index (κ2) is 5.97. The third-order valence-corrected chi connectivity index (χ3v) is 3.28. The van der Waals surface area contributed by atoms with Crippen molar-refractivity contribution in [2.75, 3.05) is 10.6 Å². The highest BCUT2D eigenvalue weighted by Gasteiger charge is 2.18. The number of anilines is 2. The Bertz CT molecular complexity index is 692. The van der Waals surface area contributed by atoms with Crippen LogP contribution in [0.4, 0.5) is 11.4 Å². The summed E-state index contributed by atoms with van der Waals surface area (Å²) in [5, 5.41) is 9.82. The van der Waals surface area contributed by atoms with Gasteiger partial charge in [-0.25, -0.2) is 0 Å². The van der Waals surface area contributed by atoms with Crippen molar-refractivity contribution in [1.29, 1.82) is 0 Å². The van der Waals surface area contributed by atoms with E-state index >= 15 is 0 Å². The monoisotopic (exact) mass is 306 g/mol. The van der Waals surface area contributed by atoms with Crippen molar-refractivity contribution in [3.05, 3.63) is 40.7 Å². The fourth-order valence-electron chi connectivity index (χ4n) is 1.91. The molecule has 2 aromatic rings. The Kier molecular flexibility index (Phi) is 4.28. The molecular weight excluding hydrogens is 292 g/mol. The maximum Gasteiger partial charge on any atom is 0.275 e. The van der Waals surface area contributed by atoms with Crippen LogP contribution in [0.3, 0.4) is 0 Å². The number of rotatable bonds is 3. The summed E-state index contributed by atoms with van der Waals surface area (Å²) in [6.07, 6.45) is 0. The minimum Gasteiger partial charge on any atom is -0.326 e. The van der Waals surface area contributed by atoms with Gasteiger partial charge in [-0.05, 0) is 31.2 Å². The highest BCUT2D eigenvalue weighted by atomic mass is 35.5. The van der Waals surface area contributed by atoms with Gasteiger partial charge in [-0.2, -0.15) is 5.10 Å². The summed E-state index contributed by atoms with van der Waals surface area (Å²) >= 11 is 6.07. The number of amides is 2. The Morgan fingerprint density at radius 2 is 1.67 bits per heavy atom. The standard InChI is InChI=1S/C14H15ClN4O2/c1-8-12(15)13(19(3)18-8)14(21)17-11-6-4-10(5-7-11)16-9(2)20/h4-7H,1-3H3,(H,16,20)(H,17,21). The Labute approximate surface area is 127 Å². The second-order valence-electron chi connectivity index (χ2n) is 4.58. The summed E-state index contributed by atoms with van der Waals surface area (Å²) in [5.41, 5.74) is 2.17. The summed E-state index contributed by atoms with van der Waals surface area (Å²) < 4.78 is 1.44. The largest absolute Gasteiger partial charge is 0.326 e. The molecule has 0 spiro atoms. The number of carbonyl (C=O) groups is 2. The molecule has 0 bridgehead atoms. The van der Waals surface area contributed by atoms with Gasteiger partial charge in [-0.3, -0.25) is 14.3 Å². The number of aromatic nitrogens is 2. The lowest BCUT2D eigenvalue weighted by molar-refractivity contribution is -0.114. The lowest BCUT2D eigenvalue weighted by atomic mass is 10.2. The minimum atomic E-state index is -0.338. The lowest BCUT2D eigenvalue weighted by Crippen LogP contribution is -2.16. The molecule has 6 nitrogen and oxygen atoms in total. The van der Waals surface area contributed by atoms with Crippen molar-refractivity contribution in [2.24, 2.45) is 7.05 Å². The molecule has 7 heteroatoms. The zero-order chi connectivity index (χ0) is 15.6. The maximum atomic E-state index is 12.2. The van der Waals surface area contributed by atoms with Crippen molar-refractivity contribution in [3.8, 4) is 0 Å². The smallest absolute Gasteiger partial charge is 0.275 e. The van der Waals surface area contributed by atoms with Gasteiger partial charge in [0, 0.05) is 25.3 Å². The van der Waals surface area contributed by atoms with E-state index < -0.39 is 0 Å². The van der Waals surface area contributed by atoms with Crippen LogP contribution in [-0.4, -0.2) is 21.6 Å². The van der Waals surface area contributed by atoms with Crippen molar-refractivity contribution < 1.29 is 9.59 Å². The number of hydrogen-bond acceptors (Lipinski definition) is 3. The minimum absolute atomic E-state index is 0.149. The Morgan fingerprint density at radius 3 is 2.10 bits per heavy atom. The first-order chi connectivity index (χ1) is 9.88. The first-order valence-corrected chi connectivity index (χ1v) is 6.64. The molecule has 1 heterocycles. The first kappa shape index (κ1) is 15.1. The molecule has 0 radical (unpaired) electrons. The molecule has 0 atom stereocenters. The zero-order valence-electron chi connectivity index (χ0n) is 11.9. The van der Waals surface area contributed by atoms with Gasteiger partial charge in [0.1, 0.15) is 5.69 Å². The topological polar surface area (TPSA) is 76.0 Å².